The minimum absolute atomic E-state index is 0.0230. The predicted molar refractivity (Wildman–Crippen MR) is 147 cm³/mol. The number of fused-ring (bicyclic) bond motifs is 1. The fourth-order valence-electron chi connectivity index (χ4n) is 6.27. The first-order chi connectivity index (χ1) is 17.9. The second kappa shape index (κ2) is 11.2. The van der Waals surface area contributed by atoms with E-state index in [2.05, 4.69) is 4.90 Å². The SMILES string of the molecule is CC(=O)Oc1cccc([C@@]23CCN(C)C[C@@]2(OC(C)=O)CC[C@@H](N(C)C(=O)Cc2ccc(Cl)c(Cl)c2)C3)c1. The van der Waals surface area contributed by atoms with Crippen LogP contribution in [0.2, 0.25) is 10.0 Å². The van der Waals surface area contributed by atoms with Gasteiger partial charge in [0.05, 0.1) is 16.5 Å². The molecule has 1 aliphatic carbocycles. The molecule has 1 saturated carbocycles. The smallest absolute Gasteiger partial charge is 0.308 e. The van der Waals surface area contributed by atoms with Crippen molar-refractivity contribution < 1.29 is 23.9 Å². The number of carbonyl (C=O) groups is 3. The van der Waals surface area contributed by atoms with E-state index in [1.165, 1.54) is 13.8 Å². The second-order valence-corrected chi connectivity index (χ2v) is 11.4. The number of hydrogen-bond acceptors (Lipinski definition) is 6. The number of halogens is 2. The van der Waals surface area contributed by atoms with Gasteiger partial charge in [-0.25, -0.2) is 0 Å². The number of rotatable bonds is 6. The highest BCUT2D eigenvalue weighted by Gasteiger charge is 2.61. The van der Waals surface area contributed by atoms with Crippen molar-refractivity contribution in [2.75, 3.05) is 27.2 Å². The summed E-state index contributed by atoms with van der Waals surface area (Å²) in [6, 6.07) is 12.7. The molecular weight excluding hydrogens is 527 g/mol. The van der Waals surface area contributed by atoms with Crippen LogP contribution >= 0.6 is 23.2 Å². The molecule has 1 saturated heterocycles. The van der Waals surface area contributed by atoms with Crippen molar-refractivity contribution in [3.05, 3.63) is 63.6 Å². The van der Waals surface area contributed by atoms with Crippen molar-refractivity contribution >= 4 is 41.0 Å². The van der Waals surface area contributed by atoms with E-state index in [0.717, 1.165) is 24.1 Å². The van der Waals surface area contributed by atoms with E-state index in [0.29, 0.717) is 41.6 Å². The Balaban J connectivity index is 1.69. The maximum atomic E-state index is 13.4. The molecule has 0 aromatic heterocycles. The molecule has 0 bridgehead atoms. The maximum absolute atomic E-state index is 13.4. The van der Waals surface area contributed by atoms with Gasteiger partial charge in [-0.1, -0.05) is 41.4 Å². The number of likely N-dealkylation sites (tertiary alicyclic amines) is 1. The molecule has 38 heavy (non-hydrogen) atoms. The van der Waals surface area contributed by atoms with Gasteiger partial charge in [-0.3, -0.25) is 14.4 Å². The fourth-order valence-corrected chi connectivity index (χ4v) is 6.59. The molecule has 2 fully saturated rings. The zero-order chi connectivity index (χ0) is 27.7. The normalized spacial score (nSPS) is 25.3. The zero-order valence-corrected chi connectivity index (χ0v) is 23.8. The van der Waals surface area contributed by atoms with E-state index >= 15 is 0 Å². The van der Waals surface area contributed by atoms with Crippen LogP contribution < -0.4 is 4.74 Å². The number of hydrogen-bond donors (Lipinski definition) is 0. The number of carbonyl (C=O) groups excluding carboxylic acids is 3. The quantitative estimate of drug-likeness (QED) is 0.363. The first kappa shape index (κ1) is 28.4. The van der Waals surface area contributed by atoms with E-state index < -0.39 is 17.0 Å². The molecule has 0 radical (unpaired) electrons. The van der Waals surface area contributed by atoms with Gasteiger partial charge in [-0.15, -0.1) is 0 Å². The third-order valence-electron chi connectivity index (χ3n) is 8.05. The average molecular weight is 562 g/mol. The predicted octanol–water partition coefficient (Wildman–Crippen LogP) is 5.05. The molecule has 1 amide bonds. The lowest BCUT2D eigenvalue weighted by Gasteiger charge is -2.59. The summed E-state index contributed by atoms with van der Waals surface area (Å²) in [4.78, 5) is 41.5. The Morgan fingerprint density at radius 1 is 1.05 bits per heavy atom. The molecule has 9 heteroatoms. The zero-order valence-electron chi connectivity index (χ0n) is 22.3. The van der Waals surface area contributed by atoms with Crippen molar-refractivity contribution in [1.29, 1.82) is 0 Å². The Hall–Kier alpha value is -2.61. The summed E-state index contributed by atoms with van der Waals surface area (Å²) >= 11 is 12.2. The highest BCUT2D eigenvalue weighted by molar-refractivity contribution is 6.42. The largest absolute Gasteiger partial charge is 0.457 e. The highest BCUT2D eigenvalue weighted by Crippen LogP contribution is 2.54. The Kier molecular flexibility index (Phi) is 8.40. The second-order valence-electron chi connectivity index (χ2n) is 10.6. The van der Waals surface area contributed by atoms with E-state index in [1.807, 2.05) is 43.3 Å². The fraction of sp³-hybridized carbons (Fsp3) is 0.483. The lowest BCUT2D eigenvalue weighted by Crippen LogP contribution is -2.68. The maximum Gasteiger partial charge on any atom is 0.308 e. The molecule has 1 aliphatic heterocycles. The Labute approximate surface area is 234 Å². The first-order valence-corrected chi connectivity index (χ1v) is 13.6. The molecule has 0 spiro atoms. The summed E-state index contributed by atoms with van der Waals surface area (Å²) in [5.74, 6) is -0.303. The van der Waals surface area contributed by atoms with Crippen molar-refractivity contribution in [1.82, 2.24) is 9.80 Å². The molecule has 0 N–H and O–H groups in total. The number of benzene rings is 2. The van der Waals surface area contributed by atoms with Gasteiger partial charge in [-0.05, 0) is 74.7 Å². The number of nitrogens with zero attached hydrogens (tertiary/aromatic N) is 2. The van der Waals surface area contributed by atoms with Crippen LogP contribution in [0.15, 0.2) is 42.5 Å². The number of piperidine rings is 1. The third-order valence-corrected chi connectivity index (χ3v) is 8.79. The van der Waals surface area contributed by atoms with Crippen LogP contribution in [0, 0.1) is 0 Å². The molecule has 0 unspecified atom stereocenters. The highest BCUT2D eigenvalue weighted by atomic mass is 35.5. The summed E-state index contributed by atoms with van der Waals surface area (Å²) in [5.41, 5.74) is 0.401. The van der Waals surface area contributed by atoms with Crippen LogP contribution in [-0.2, 0) is 31.0 Å². The third kappa shape index (κ3) is 5.70. The monoisotopic (exact) mass is 560 g/mol. The topological polar surface area (TPSA) is 76.2 Å². The summed E-state index contributed by atoms with van der Waals surface area (Å²) in [5, 5.41) is 0.867. The summed E-state index contributed by atoms with van der Waals surface area (Å²) in [6.07, 6.45) is 2.84. The van der Waals surface area contributed by atoms with Gasteiger partial charge < -0.3 is 19.3 Å². The summed E-state index contributed by atoms with van der Waals surface area (Å²) in [7, 11) is 3.87. The average Bonchev–Trinajstić information content (AvgIpc) is 2.84. The summed E-state index contributed by atoms with van der Waals surface area (Å²) < 4.78 is 11.6. The van der Waals surface area contributed by atoms with E-state index in [-0.39, 0.29) is 24.3 Å². The minimum atomic E-state index is -0.773. The molecule has 2 aromatic carbocycles. The lowest BCUT2D eigenvalue weighted by atomic mass is 9.55. The standard InChI is InChI=1S/C29H34Cl2N2O5/c1-19(34)37-24-7-5-6-22(16-24)28-12-13-32(3)18-29(28,38-20(2)35)11-10-23(17-28)33(4)27(36)15-21-8-9-25(30)26(31)14-21/h5-9,14,16,23H,10-13,15,17-18H2,1-4H3/t23-,28+,29+/m1/s1. The molecule has 7 nitrogen and oxygen atoms in total. The van der Waals surface area contributed by atoms with Crippen molar-refractivity contribution in [3.8, 4) is 5.75 Å². The van der Waals surface area contributed by atoms with Gasteiger partial charge in [-0.2, -0.15) is 0 Å². The Bertz CT molecular complexity index is 1240. The van der Waals surface area contributed by atoms with Crippen LogP contribution in [0.4, 0.5) is 0 Å². The molecule has 2 aliphatic rings. The molecule has 2 aromatic rings. The van der Waals surface area contributed by atoms with Crippen LogP contribution in [-0.4, -0.2) is 66.5 Å². The lowest BCUT2D eigenvalue weighted by molar-refractivity contribution is -0.188. The Morgan fingerprint density at radius 3 is 2.50 bits per heavy atom. The minimum Gasteiger partial charge on any atom is -0.457 e. The van der Waals surface area contributed by atoms with Gasteiger partial charge in [0.25, 0.3) is 0 Å². The first-order valence-electron chi connectivity index (χ1n) is 12.8. The number of ether oxygens (including phenoxy) is 2. The Morgan fingerprint density at radius 2 is 1.82 bits per heavy atom. The van der Waals surface area contributed by atoms with Crippen LogP contribution in [0.3, 0.4) is 0 Å². The van der Waals surface area contributed by atoms with Gasteiger partial charge in [0.15, 0.2) is 0 Å². The number of amides is 1. The van der Waals surface area contributed by atoms with Crippen LogP contribution in [0.5, 0.6) is 5.75 Å². The van der Waals surface area contributed by atoms with Gasteiger partial charge in [0, 0.05) is 38.9 Å². The molecular formula is C29H34Cl2N2O5. The van der Waals surface area contributed by atoms with Gasteiger partial charge in [0.1, 0.15) is 11.4 Å². The summed E-state index contributed by atoms with van der Waals surface area (Å²) in [6.45, 7) is 4.20. The molecule has 204 valence electrons. The van der Waals surface area contributed by atoms with Crippen LogP contribution in [0.25, 0.3) is 0 Å². The molecule has 1 heterocycles. The van der Waals surface area contributed by atoms with E-state index in [4.69, 9.17) is 32.7 Å². The van der Waals surface area contributed by atoms with Crippen LogP contribution in [0.1, 0.15) is 50.7 Å². The van der Waals surface area contributed by atoms with E-state index in [1.54, 1.807) is 18.2 Å². The van der Waals surface area contributed by atoms with E-state index in [9.17, 15) is 14.4 Å². The van der Waals surface area contributed by atoms with Gasteiger partial charge >= 0.3 is 11.9 Å². The van der Waals surface area contributed by atoms with Crippen molar-refractivity contribution in [2.45, 2.75) is 63.0 Å². The van der Waals surface area contributed by atoms with Gasteiger partial charge in [0.2, 0.25) is 5.91 Å². The number of likely N-dealkylation sites (N-methyl/N-ethyl adjacent to an activating group) is 2. The number of esters is 2. The van der Waals surface area contributed by atoms with Crippen molar-refractivity contribution in [3.63, 3.8) is 0 Å². The molecule has 3 atom stereocenters. The van der Waals surface area contributed by atoms with Crippen molar-refractivity contribution in [2.24, 2.45) is 0 Å². The molecule has 4 rings (SSSR count).